The van der Waals surface area contributed by atoms with E-state index in [4.69, 9.17) is 10.5 Å². The zero-order valence-corrected chi connectivity index (χ0v) is 11.6. The third kappa shape index (κ3) is 3.44. The van der Waals surface area contributed by atoms with Gasteiger partial charge in [0.1, 0.15) is 12.0 Å². The predicted octanol–water partition coefficient (Wildman–Crippen LogP) is -0.487. The van der Waals surface area contributed by atoms with Crippen molar-refractivity contribution in [2.75, 3.05) is 38.2 Å². The number of primary amides is 1. The van der Waals surface area contributed by atoms with Crippen molar-refractivity contribution in [2.24, 2.45) is 5.73 Å². The summed E-state index contributed by atoms with van der Waals surface area (Å²) < 4.78 is 5.58. The number of nitro groups is 1. The quantitative estimate of drug-likeness (QED) is 0.555. The Balaban J connectivity index is 2.29. The topological polar surface area (TPSA) is 124 Å². The molecule has 9 nitrogen and oxygen atoms in total. The van der Waals surface area contributed by atoms with Crippen molar-refractivity contribution in [1.82, 2.24) is 10.3 Å². The van der Waals surface area contributed by atoms with Crippen LogP contribution >= 0.6 is 0 Å². The van der Waals surface area contributed by atoms with E-state index in [1.54, 1.807) is 0 Å². The van der Waals surface area contributed by atoms with Crippen molar-refractivity contribution in [3.05, 3.63) is 27.9 Å². The van der Waals surface area contributed by atoms with Gasteiger partial charge in [-0.25, -0.2) is 4.98 Å². The van der Waals surface area contributed by atoms with Crippen molar-refractivity contribution >= 4 is 17.4 Å². The Labute approximate surface area is 121 Å². The fourth-order valence-electron chi connectivity index (χ4n) is 2.24. The Morgan fingerprint density at radius 1 is 1.71 bits per heavy atom. The first-order valence-electron chi connectivity index (χ1n) is 6.48. The highest BCUT2D eigenvalue weighted by atomic mass is 16.6. The number of nitrogens with zero attached hydrogens (tertiary/aromatic N) is 3. The van der Waals surface area contributed by atoms with Crippen LogP contribution in [-0.4, -0.2) is 55.2 Å². The minimum Gasteiger partial charge on any atom is -0.373 e. The normalized spacial score (nSPS) is 18.5. The number of amides is 1. The van der Waals surface area contributed by atoms with Crippen molar-refractivity contribution < 1.29 is 14.5 Å². The SMILES string of the molecule is CNCC1CN(c2ncc([N+](=O)[O-])cc2C(N)=O)CCO1. The van der Waals surface area contributed by atoms with Crippen molar-refractivity contribution in [1.29, 1.82) is 0 Å². The van der Waals surface area contributed by atoms with Crippen molar-refractivity contribution in [3.63, 3.8) is 0 Å². The minimum atomic E-state index is -0.738. The molecular weight excluding hydrogens is 278 g/mol. The van der Waals surface area contributed by atoms with Crippen LogP contribution in [0.3, 0.4) is 0 Å². The Kier molecular flexibility index (Phi) is 4.66. The van der Waals surface area contributed by atoms with Crippen LogP contribution in [0.2, 0.25) is 0 Å². The Hall–Kier alpha value is -2.26. The van der Waals surface area contributed by atoms with Crippen LogP contribution in [0, 0.1) is 10.1 Å². The molecule has 1 atom stereocenters. The molecule has 1 unspecified atom stereocenters. The molecule has 9 heteroatoms. The predicted molar refractivity (Wildman–Crippen MR) is 75.3 cm³/mol. The molecule has 0 saturated carbocycles. The number of rotatable bonds is 5. The maximum atomic E-state index is 11.5. The summed E-state index contributed by atoms with van der Waals surface area (Å²) in [5.41, 5.74) is 5.11. The van der Waals surface area contributed by atoms with Crippen molar-refractivity contribution in [2.45, 2.75) is 6.10 Å². The summed E-state index contributed by atoms with van der Waals surface area (Å²) >= 11 is 0. The summed E-state index contributed by atoms with van der Waals surface area (Å²) in [6, 6.07) is 1.16. The van der Waals surface area contributed by atoms with Crippen LogP contribution in [0.5, 0.6) is 0 Å². The number of nitrogens with two attached hydrogens (primary N) is 1. The lowest BCUT2D eigenvalue weighted by Crippen LogP contribution is -2.47. The average molecular weight is 295 g/mol. The maximum Gasteiger partial charge on any atom is 0.288 e. The summed E-state index contributed by atoms with van der Waals surface area (Å²) in [6.45, 7) is 2.23. The lowest BCUT2D eigenvalue weighted by atomic mass is 10.2. The second kappa shape index (κ2) is 6.46. The number of nitrogens with one attached hydrogen (secondary N) is 1. The molecule has 2 rings (SSSR count). The van der Waals surface area contributed by atoms with Gasteiger partial charge in [0.2, 0.25) is 0 Å². The number of anilines is 1. The monoisotopic (exact) mass is 295 g/mol. The summed E-state index contributed by atoms with van der Waals surface area (Å²) in [4.78, 5) is 27.6. The molecule has 0 bridgehead atoms. The smallest absolute Gasteiger partial charge is 0.288 e. The molecule has 2 heterocycles. The van der Waals surface area contributed by atoms with Gasteiger partial charge in [-0.3, -0.25) is 14.9 Å². The first kappa shape index (κ1) is 15.1. The number of hydrogen-bond acceptors (Lipinski definition) is 7. The fourth-order valence-corrected chi connectivity index (χ4v) is 2.24. The number of hydrogen-bond donors (Lipinski definition) is 2. The number of aromatic nitrogens is 1. The first-order chi connectivity index (χ1) is 10.0. The number of ether oxygens (including phenoxy) is 1. The molecule has 1 aliphatic rings. The summed E-state index contributed by atoms with van der Waals surface area (Å²) in [6.07, 6.45) is 1.09. The zero-order chi connectivity index (χ0) is 15.4. The number of pyridine rings is 1. The van der Waals surface area contributed by atoms with Gasteiger partial charge in [0.05, 0.1) is 23.2 Å². The van der Waals surface area contributed by atoms with E-state index in [0.717, 1.165) is 12.3 Å². The highest BCUT2D eigenvalue weighted by molar-refractivity contribution is 5.98. The van der Waals surface area contributed by atoms with E-state index in [9.17, 15) is 14.9 Å². The van der Waals surface area contributed by atoms with E-state index in [1.165, 1.54) is 0 Å². The zero-order valence-electron chi connectivity index (χ0n) is 11.6. The lowest BCUT2D eigenvalue weighted by Gasteiger charge is -2.34. The van der Waals surface area contributed by atoms with Crippen LogP contribution in [0.15, 0.2) is 12.3 Å². The fraction of sp³-hybridized carbons (Fsp3) is 0.500. The first-order valence-corrected chi connectivity index (χ1v) is 6.48. The standard InChI is InChI=1S/C12H17N5O4/c1-14-6-9-7-16(2-3-21-9)12-10(11(13)18)4-8(5-15-12)17(19)20/h4-5,9,14H,2-3,6-7H2,1H3,(H2,13,18). The van der Waals surface area contributed by atoms with Gasteiger partial charge in [0.25, 0.3) is 11.6 Å². The second-order valence-electron chi connectivity index (χ2n) is 4.68. The number of likely N-dealkylation sites (N-methyl/N-ethyl adjacent to an activating group) is 1. The molecule has 1 aromatic rings. The van der Waals surface area contributed by atoms with Gasteiger partial charge in [-0.1, -0.05) is 0 Å². The molecule has 21 heavy (non-hydrogen) atoms. The van der Waals surface area contributed by atoms with Crippen LogP contribution < -0.4 is 16.0 Å². The van der Waals surface area contributed by atoms with Gasteiger partial charge in [-0.15, -0.1) is 0 Å². The van der Waals surface area contributed by atoms with E-state index in [0.29, 0.717) is 32.1 Å². The van der Waals surface area contributed by atoms with Gasteiger partial charge in [0.15, 0.2) is 0 Å². The number of morpholine rings is 1. The summed E-state index contributed by atoms with van der Waals surface area (Å²) in [5.74, 6) is -0.379. The van der Waals surface area contributed by atoms with Crippen LogP contribution in [0.25, 0.3) is 0 Å². The molecule has 0 aromatic carbocycles. The van der Waals surface area contributed by atoms with Crippen LogP contribution in [-0.2, 0) is 4.74 Å². The van der Waals surface area contributed by atoms with E-state index >= 15 is 0 Å². The number of carbonyl (C=O) groups is 1. The Morgan fingerprint density at radius 3 is 3.10 bits per heavy atom. The number of carbonyl (C=O) groups excluding carboxylic acids is 1. The molecule has 1 amide bonds. The Morgan fingerprint density at radius 2 is 2.48 bits per heavy atom. The highest BCUT2D eigenvalue weighted by Gasteiger charge is 2.25. The molecule has 114 valence electrons. The summed E-state index contributed by atoms with van der Waals surface area (Å²) in [7, 11) is 1.82. The second-order valence-corrected chi connectivity index (χ2v) is 4.68. The maximum absolute atomic E-state index is 11.5. The third-order valence-corrected chi connectivity index (χ3v) is 3.20. The molecule has 0 aliphatic carbocycles. The van der Waals surface area contributed by atoms with E-state index in [-0.39, 0.29) is 17.4 Å². The van der Waals surface area contributed by atoms with Crippen LogP contribution in [0.1, 0.15) is 10.4 Å². The average Bonchev–Trinajstić information content (AvgIpc) is 2.47. The molecular formula is C12H17N5O4. The van der Waals surface area contributed by atoms with E-state index in [2.05, 4.69) is 10.3 Å². The molecule has 3 N–H and O–H groups in total. The van der Waals surface area contributed by atoms with Gasteiger partial charge >= 0.3 is 0 Å². The van der Waals surface area contributed by atoms with Gasteiger partial charge in [-0.2, -0.15) is 0 Å². The van der Waals surface area contributed by atoms with Crippen molar-refractivity contribution in [3.8, 4) is 0 Å². The van der Waals surface area contributed by atoms with Gasteiger partial charge in [-0.05, 0) is 7.05 Å². The van der Waals surface area contributed by atoms with Gasteiger partial charge in [0, 0.05) is 25.7 Å². The molecule has 1 aliphatic heterocycles. The van der Waals surface area contributed by atoms with E-state index in [1.807, 2.05) is 11.9 Å². The third-order valence-electron chi connectivity index (χ3n) is 3.20. The largest absolute Gasteiger partial charge is 0.373 e. The summed E-state index contributed by atoms with van der Waals surface area (Å²) in [5, 5.41) is 13.8. The molecule has 0 radical (unpaired) electrons. The van der Waals surface area contributed by atoms with Crippen LogP contribution in [0.4, 0.5) is 11.5 Å². The molecule has 1 saturated heterocycles. The molecule has 0 spiro atoms. The Bertz CT molecular complexity index is 548. The lowest BCUT2D eigenvalue weighted by molar-refractivity contribution is -0.385. The molecule has 1 fully saturated rings. The minimum absolute atomic E-state index is 0.0403. The van der Waals surface area contributed by atoms with Gasteiger partial charge < -0.3 is 20.7 Å². The van der Waals surface area contributed by atoms with E-state index < -0.39 is 10.8 Å². The molecule has 1 aromatic heterocycles. The highest BCUT2D eigenvalue weighted by Crippen LogP contribution is 2.23.